The number of carbonyl (C=O) groups excluding carboxylic acids is 1. The van der Waals surface area contributed by atoms with Crippen LogP contribution in [0.5, 0.6) is 0 Å². The van der Waals surface area contributed by atoms with Crippen molar-refractivity contribution in [3.8, 4) is 11.3 Å². The van der Waals surface area contributed by atoms with Gasteiger partial charge in [-0.2, -0.15) is 0 Å². The maximum Gasteiger partial charge on any atom is 0.277 e. The van der Waals surface area contributed by atoms with Gasteiger partial charge in [0.1, 0.15) is 11.3 Å². The molecule has 1 aromatic heterocycles. The van der Waals surface area contributed by atoms with Gasteiger partial charge >= 0.3 is 0 Å². The van der Waals surface area contributed by atoms with Crippen molar-refractivity contribution in [2.75, 3.05) is 0 Å². The quantitative estimate of drug-likeness (QED) is 0.931. The first kappa shape index (κ1) is 16.1. The lowest BCUT2D eigenvalue weighted by molar-refractivity contribution is -0.133. The van der Waals surface area contributed by atoms with Gasteiger partial charge < -0.3 is 9.67 Å². The molecule has 116 valence electrons. The van der Waals surface area contributed by atoms with Gasteiger partial charge in [-0.1, -0.05) is 30.3 Å². The number of Topliss-reactive ketones (excluding diaryl/α,β-unsaturated/α-hetero) is 1. The third-order valence-electron chi connectivity index (χ3n) is 3.93. The molecule has 0 bridgehead atoms. The van der Waals surface area contributed by atoms with E-state index in [1.165, 1.54) is 18.4 Å². The first-order valence-corrected chi connectivity index (χ1v) is 7.09. The molecular formula is C17H20N2O3. The average Bonchev–Trinajstić information content (AvgIpc) is 2.48. The number of aromatic nitrogens is 2. The number of rotatable bonds is 4. The maximum atomic E-state index is 12.5. The molecule has 22 heavy (non-hydrogen) atoms. The highest BCUT2D eigenvalue weighted by Gasteiger charge is 2.29. The van der Waals surface area contributed by atoms with Gasteiger partial charge in [0.2, 0.25) is 0 Å². The first-order chi connectivity index (χ1) is 10.2. The summed E-state index contributed by atoms with van der Waals surface area (Å²) in [6.07, 6.45) is 0.0575. The monoisotopic (exact) mass is 300 g/mol. The third kappa shape index (κ3) is 2.99. The molecule has 0 saturated carbocycles. The van der Waals surface area contributed by atoms with Crippen LogP contribution in [0.2, 0.25) is 0 Å². The molecule has 1 atom stereocenters. The summed E-state index contributed by atoms with van der Waals surface area (Å²) in [7, 11) is 1.63. The van der Waals surface area contributed by atoms with Crippen molar-refractivity contribution in [1.29, 1.82) is 0 Å². The minimum atomic E-state index is -1.51. The smallest absolute Gasteiger partial charge is 0.277 e. The Bertz CT molecular complexity index is 761. The first-order valence-electron chi connectivity index (χ1n) is 7.09. The second-order valence-corrected chi connectivity index (χ2v) is 5.73. The summed E-state index contributed by atoms with van der Waals surface area (Å²) in [5.41, 5.74) is 0.548. The molecule has 5 heteroatoms. The zero-order chi connectivity index (χ0) is 16.5. The highest BCUT2D eigenvalue weighted by molar-refractivity contribution is 5.84. The summed E-state index contributed by atoms with van der Waals surface area (Å²) < 4.78 is 1.46. The Morgan fingerprint density at radius 2 is 1.91 bits per heavy atom. The van der Waals surface area contributed by atoms with E-state index in [9.17, 15) is 14.7 Å². The number of ketones is 1. The summed E-state index contributed by atoms with van der Waals surface area (Å²) in [5.74, 6) is -0.341. The Hall–Kier alpha value is -2.27. The van der Waals surface area contributed by atoms with Crippen LogP contribution in [0.4, 0.5) is 0 Å². The predicted octanol–water partition coefficient (Wildman–Crippen LogP) is 1.64. The van der Waals surface area contributed by atoms with Crippen molar-refractivity contribution in [3.63, 3.8) is 0 Å². The molecule has 0 aliphatic heterocycles. The summed E-state index contributed by atoms with van der Waals surface area (Å²) in [4.78, 5) is 28.4. The molecule has 0 saturated heterocycles. The van der Waals surface area contributed by atoms with Gasteiger partial charge in [-0.15, -0.1) is 0 Å². The van der Waals surface area contributed by atoms with Crippen LogP contribution in [-0.4, -0.2) is 26.0 Å². The lowest BCUT2D eigenvalue weighted by Crippen LogP contribution is -2.38. The minimum Gasteiger partial charge on any atom is -0.382 e. The van der Waals surface area contributed by atoms with Crippen LogP contribution in [0.3, 0.4) is 0 Å². The fourth-order valence-corrected chi connectivity index (χ4v) is 2.29. The van der Waals surface area contributed by atoms with E-state index in [1.807, 2.05) is 30.3 Å². The number of aliphatic hydroxyl groups is 1. The molecular weight excluding hydrogens is 280 g/mol. The predicted molar refractivity (Wildman–Crippen MR) is 84.7 cm³/mol. The van der Waals surface area contributed by atoms with Gasteiger partial charge in [0.15, 0.2) is 5.78 Å². The Morgan fingerprint density at radius 3 is 2.45 bits per heavy atom. The zero-order valence-corrected chi connectivity index (χ0v) is 13.3. The lowest BCUT2D eigenvalue weighted by atomic mass is 9.94. The number of hydrogen-bond acceptors (Lipinski definition) is 4. The molecule has 2 rings (SSSR count). The molecule has 0 amide bonds. The van der Waals surface area contributed by atoms with E-state index in [0.717, 1.165) is 5.56 Å². The molecule has 1 heterocycles. The molecule has 1 unspecified atom stereocenters. The van der Waals surface area contributed by atoms with Gasteiger partial charge in [-0.25, -0.2) is 4.98 Å². The second kappa shape index (κ2) is 5.85. The highest BCUT2D eigenvalue weighted by atomic mass is 16.3. The molecule has 0 aliphatic rings. The zero-order valence-electron chi connectivity index (χ0n) is 13.3. The molecule has 1 N–H and O–H groups in total. The van der Waals surface area contributed by atoms with Crippen molar-refractivity contribution in [3.05, 3.63) is 52.1 Å². The maximum absolute atomic E-state index is 12.5. The summed E-state index contributed by atoms with van der Waals surface area (Å²) in [5, 5.41) is 10.2. The number of aryl methyl sites for hydroxylation is 1. The van der Waals surface area contributed by atoms with Crippen molar-refractivity contribution < 1.29 is 9.90 Å². The van der Waals surface area contributed by atoms with E-state index < -0.39 is 5.60 Å². The molecule has 0 fully saturated rings. The summed E-state index contributed by atoms with van der Waals surface area (Å²) >= 11 is 0. The molecule has 1 aromatic carbocycles. The van der Waals surface area contributed by atoms with Crippen LogP contribution in [0.15, 0.2) is 35.1 Å². The Labute approximate surface area is 129 Å². The van der Waals surface area contributed by atoms with Crippen LogP contribution < -0.4 is 5.56 Å². The largest absolute Gasteiger partial charge is 0.382 e. The number of carbonyl (C=O) groups is 1. The minimum absolute atomic E-state index is 0.0575. The fourth-order valence-electron chi connectivity index (χ4n) is 2.29. The second-order valence-electron chi connectivity index (χ2n) is 5.73. The number of hydrogen-bond donors (Lipinski definition) is 1. The normalized spacial score (nSPS) is 13.7. The topological polar surface area (TPSA) is 72.2 Å². The van der Waals surface area contributed by atoms with Crippen LogP contribution >= 0.6 is 0 Å². The number of benzene rings is 1. The number of nitrogens with zero attached hydrogens (tertiary/aromatic N) is 2. The molecule has 5 nitrogen and oxygen atoms in total. The average molecular weight is 300 g/mol. The van der Waals surface area contributed by atoms with Crippen molar-refractivity contribution >= 4 is 5.78 Å². The Morgan fingerprint density at radius 1 is 1.32 bits per heavy atom. The fraction of sp³-hybridized carbons (Fsp3) is 0.353. The van der Waals surface area contributed by atoms with E-state index in [1.54, 1.807) is 14.0 Å². The van der Waals surface area contributed by atoms with E-state index in [4.69, 9.17) is 0 Å². The Balaban J connectivity index is 2.56. The van der Waals surface area contributed by atoms with Crippen LogP contribution in [-0.2, 0) is 18.3 Å². The summed E-state index contributed by atoms with van der Waals surface area (Å²) in [6.45, 7) is 4.56. The third-order valence-corrected chi connectivity index (χ3v) is 3.93. The molecule has 0 aliphatic carbocycles. The van der Waals surface area contributed by atoms with Crippen molar-refractivity contribution in [2.24, 2.45) is 7.05 Å². The summed E-state index contributed by atoms with van der Waals surface area (Å²) in [6, 6.07) is 9.23. The van der Waals surface area contributed by atoms with E-state index in [2.05, 4.69) is 4.98 Å². The van der Waals surface area contributed by atoms with E-state index in [0.29, 0.717) is 17.1 Å². The molecule has 0 spiro atoms. The van der Waals surface area contributed by atoms with Gasteiger partial charge in [-0.05, 0) is 20.8 Å². The van der Waals surface area contributed by atoms with Gasteiger partial charge in [0.05, 0.1) is 5.69 Å². The Kier molecular flexibility index (Phi) is 4.28. The lowest BCUT2D eigenvalue weighted by Gasteiger charge is -2.22. The highest BCUT2D eigenvalue weighted by Crippen LogP contribution is 2.18. The SMILES string of the molecule is CC(=O)C(C)(O)Cc1c(C)nc(-c2ccccc2)c(=O)n1C. The van der Waals surface area contributed by atoms with Crippen molar-refractivity contribution in [1.82, 2.24) is 9.55 Å². The van der Waals surface area contributed by atoms with Crippen LogP contribution in [0.25, 0.3) is 11.3 Å². The van der Waals surface area contributed by atoms with Gasteiger partial charge in [-0.3, -0.25) is 9.59 Å². The van der Waals surface area contributed by atoms with Crippen LogP contribution in [0, 0.1) is 6.92 Å². The molecule has 2 aromatic rings. The van der Waals surface area contributed by atoms with Gasteiger partial charge in [0, 0.05) is 24.7 Å². The standard InChI is InChI=1S/C17H20N2O3/c1-11-14(10-17(3,22)12(2)20)19(4)16(21)15(18-11)13-8-6-5-7-9-13/h5-9,22H,10H2,1-4H3. The molecule has 0 radical (unpaired) electrons. The van der Waals surface area contributed by atoms with E-state index in [-0.39, 0.29) is 17.8 Å². The van der Waals surface area contributed by atoms with Crippen LogP contribution in [0.1, 0.15) is 25.2 Å². The van der Waals surface area contributed by atoms with Gasteiger partial charge in [0.25, 0.3) is 5.56 Å². The van der Waals surface area contributed by atoms with Crippen molar-refractivity contribution in [2.45, 2.75) is 32.8 Å². The van der Waals surface area contributed by atoms with E-state index >= 15 is 0 Å².